The van der Waals surface area contributed by atoms with Crippen LogP contribution in [-0.4, -0.2) is 17.2 Å². The largest absolute Gasteiger partial charge is 0.465 e. The SMILES string of the molecule is C=C[C@H](Cc1ccccc1)NC(=O)O. The number of rotatable bonds is 4. The predicted molar refractivity (Wildman–Crippen MR) is 55.3 cm³/mol. The lowest BCUT2D eigenvalue weighted by Gasteiger charge is -2.11. The zero-order chi connectivity index (χ0) is 10.4. The van der Waals surface area contributed by atoms with Crippen molar-refractivity contribution in [3.8, 4) is 0 Å². The number of hydrogen-bond donors (Lipinski definition) is 2. The molecule has 0 aromatic heterocycles. The van der Waals surface area contributed by atoms with Gasteiger partial charge in [0.1, 0.15) is 0 Å². The van der Waals surface area contributed by atoms with Crippen molar-refractivity contribution in [2.45, 2.75) is 12.5 Å². The molecule has 1 amide bonds. The molecule has 3 heteroatoms. The van der Waals surface area contributed by atoms with E-state index in [1.165, 1.54) is 0 Å². The molecule has 0 unspecified atom stereocenters. The number of hydrogen-bond acceptors (Lipinski definition) is 1. The molecule has 0 fully saturated rings. The Morgan fingerprint density at radius 1 is 1.50 bits per heavy atom. The van der Waals surface area contributed by atoms with Crippen molar-refractivity contribution >= 4 is 6.09 Å². The van der Waals surface area contributed by atoms with Gasteiger partial charge in [-0.2, -0.15) is 0 Å². The third-order valence-corrected chi connectivity index (χ3v) is 1.89. The summed E-state index contributed by atoms with van der Waals surface area (Å²) in [5, 5.41) is 10.9. The molecular weight excluding hydrogens is 178 g/mol. The van der Waals surface area contributed by atoms with E-state index in [1.54, 1.807) is 6.08 Å². The molecule has 0 saturated carbocycles. The maximum atomic E-state index is 10.4. The van der Waals surface area contributed by atoms with Crippen LogP contribution in [0, 0.1) is 0 Å². The smallest absolute Gasteiger partial charge is 0.405 e. The van der Waals surface area contributed by atoms with E-state index in [1.807, 2.05) is 30.3 Å². The quantitative estimate of drug-likeness (QED) is 0.715. The molecule has 0 heterocycles. The van der Waals surface area contributed by atoms with Crippen LogP contribution in [0.3, 0.4) is 0 Å². The van der Waals surface area contributed by atoms with E-state index < -0.39 is 6.09 Å². The molecule has 2 N–H and O–H groups in total. The standard InChI is InChI=1S/C11H13NO2/c1-2-10(12-11(13)14)8-9-6-4-3-5-7-9/h2-7,10,12H,1,8H2,(H,13,14)/t10-/m1/s1. The molecule has 0 radical (unpaired) electrons. The van der Waals surface area contributed by atoms with E-state index in [9.17, 15) is 4.79 Å². The molecule has 1 aromatic rings. The third-order valence-electron chi connectivity index (χ3n) is 1.89. The summed E-state index contributed by atoms with van der Waals surface area (Å²) in [6.45, 7) is 3.58. The summed E-state index contributed by atoms with van der Waals surface area (Å²) >= 11 is 0. The number of nitrogens with one attached hydrogen (secondary N) is 1. The molecule has 0 spiro atoms. The van der Waals surface area contributed by atoms with Crippen LogP contribution in [0.4, 0.5) is 4.79 Å². The zero-order valence-corrected chi connectivity index (χ0v) is 7.81. The van der Waals surface area contributed by atoms with Gasteiger partial charge >= 0.3 is 6.09 Å². The molecule has 3 nitrogen and oxygen atoms in total. The van der Waals surface area contributed by atoms with E-state index in [0.29, 0.717) is 6.42 Å². The Balaban J connectivity index is 2.57. The highest BCUT2D eigenvalue weighted by molar-refractivity contribution is 5.65. The molecule has 0 bridgehead atoms. The van der Waals surface area contributed by atoms with Crippen LogP contribution in [0.2, 0.25) is 0 Å². The first-order chi connectivity index (χ1) is 6.72. The highest BCUT2D eigenvalue weighted by atomic mass is 16.4. The minimum Gasteiger partial charge on any atom is -0.465 e. The highest BCUT2D eigenvalue weighted by Gasteiger charge is 2.07. The first kappa shape index (κ1) is 10.3. The van der Waals surface area contributed by atoms with Crippen LogP contribution in [0.15, 0.2) is 43.0 Å². The fourth-order valence-electron chi connectivity index (χ4n) is 1.22. The number of carboxylic acid groups (broad SMARTS) is 1. The Morgan fingerprint density at radius 3 is 2.64 bits per heavy atom. The van der Waals surface area contributed by atoms with Gasteiger partial charge in [-0.3, -0.25) is 0 Å². The van der Waals surface area contributed by atoms with E-state index in [0.717, 1.165) is 5.56 Å². The summed E-state index contributed by atoms with van der Waals surface area (Å²) in [6, 6.07) is 9.47. The minimum atomic E-state index is -1.02. The van der Waals surface area contributed by atoms with Crippen molar-refractivity contribution in [2.24, 2.45) is 0 Å². The van der Waals surface area contributed by atoms with Gasteiger partial charge in [-0.1, -0.05) is 36.4 Å². The lowest BCUT2D eigenvalue weighted by atomic mass is 10.1. The van der Waals surface area contributed by atoms with Gasteiger partial charge in [-0.05, 0) is 12.0 Å². The Kier molecular flexibility index (Phi) is 3.73. The number of benzene rings is 1. The van der Waals surface area contributed by atoms with E-state index >= 15 is 0 Å². The van der Waals surface area contributed by atoms with Gasteiger partial charge in [0.25, 0.3) is 0 Å². The topological polar surface area (TPSA) is 49.3 Å². The molecule has 14 heavy (non-hydrogen) atoms. The van der Waals surface area contributed by atoms with Crippen LogP contribution in [-0.2, 0) is 6.42 Å². The van der Waals surface area contributed by atoms with Gasteiger partial charge in [0.05, 0.1) is 6.04 Å². The molecule has 1 atom stereocenters. The van der Waals surface area contributed by atoms with E-state index in [-0.39, 0.29) is 6.04 Å². The van der Waals surface area contributed by atoms with Crippen molar-refractivity contribution in [3.63, 3.8) is 0 Å². The number of carbonyl (C=O) groups is 1. The Labute approximate surface area is 83.1 Å². The summed E-state index contributed by atoms with van der Waals surface area (Å²) in [6.07, 6.45) is 1.21. The number of amides is 1. The zero-order valence-electron chi connectivity index (χ0n) is 7.81. The third kappa shape index (κ3) is 3.31. The van der Waals surface area contributed by atoms with Gasteiger partial charge in [0, 0.05) is 0 Å². The van der Waals surface area contributed by atoms with Crippen LogP contribution >= 0.6 is 0 Å². The lowest BCUT2D eigenvalue weighted by Crippen LogP contribution is -2.33. The van der Waals surface area contributed by atoms with Crippen molar-refractivity contribution < 1.29 is 9.90 Å². The molecule has 0 saturated heterocycles. The maximum Gasteiger partial charge on any atom is 0.405 e. The molecule has 1 aromatic carbocycles. The Hall–Kier alpha value is -1.77. The van der Waals surface area contributed by atoms with Crippen molar-refractivity contribution in [3.05, 3.63) is 48.6 Å². The minimum absolute atomic E-state index is 0.227. The summed E-state index contributed by atoms with van der Waals surface area (Å²) in [5.41, 5.74) is 1.09. The molecular formula is C11H13NO2. The monoisotopic (exact) mass is 191 g/mol. The lowest BCUT2D eigenvalue weighted by molar-refractivity contribution is 0.192. The molecule has 1 rings (SSSR count). The Bertz CT molecular complexity index is 308. The van der Waals surface area contributed by atoms with Crippen LogP contribution in [0.1, 0.15) is 5.56 Å². The van der Waals surface area contributed by atoms with Gasteiger partial charge in [-0.15, -0.1) is 6.58 Å². The summed E-state index contributed by atoms with van der Waals surface area (Å²) in [4.78, 5) is 10.4. The average molecular weight is 191 g/mol. The first-order valence-electron chi connectivity index (χ1n) is 4.38. The normalized spacial score (nSPS) is 11.7. The second kappa shape index (κ2) is 5.07. The molecule has 0 aliphatic heterocycles. The molecule has 0 aliphatic rings. The van der Waals surface area contributed by atoms with Gasteiger partial charge in [0.15, 0.2) is 0 Å². The van der Waals surface area contributed by atoms with Crippen molar-refractivity contribution in [1.82, 2.24) is 5.32 Å². The first-order valence-corrected chi connectivity index (χ1v) is 4.38. The fraction of sp³-hybridized carbons (Fsp3) is 0.182. The van der Waals surface area contributed by atoms with Crippen molar-refractivity contribution in [1.29, 1.82) is 0 Å². The fourth-order valence-corrected chi connectivity index (χ4v) is 1.22. The van der Waals surface area contributed by atoms with Gasteiger partial charge in [0.2, 0.25) is 0 Å². The maximum absolute atomic E-state index is 10.4. The van der Waals surface area contributed by atoms with Crippen LogP contribution < -0.4 is 5.32 Å². The van der Waals surface area contributed by atoms with E-state index in [4.69, 9.17) is 5.11 Å². The summed E-state index contributed by atoms with van der Waals surface area (Å²) in [5.74, 6) is 0. The van der Waals surface area contributed by atoms with E-state index in [2.05, 4.69) is 11.9 Å². The van der Waals surface area contributed by atoms with Crippen LogP contribution in [0.5, 0.6) is 0 Å². The highest BCUT2D eigenvalue weighted by Crippen LogP contribution is 2.03. The van der Waals surface area contributed by atoms with Gasteiger partial charge < -0.3 is 10.4 Å². The van der Waals surface area contributed by atoms with Gasteiger partial charge in [-0.25, -0.2) is 4.79 Å². The molecule has 74 valence electrons. The predicted octanol–water partition coefficient (Wildman–Crippen LogP) is 2.05. The second-order valence-corrected chi connectivity index (χ2v) is 2.98. The summed E-state index contributed by atoms with van der Waals surface area (Å²) in [7, 11) is 0. The average Bonchev–Trinajstić information content (AvgIpc) is 2.17. The van der Waals surface area contributed by atoms with Crippen molar-refractivity contribution in [2.75, 3.05) is 0 Å². The second-order valence-electron chi connectivity index (χ2n) is 2.98. The molecule has 0 aliphatic carbocycles. The van der Waals surface area contributed by atoms with Crippen LogP contribution in [0.25, 0.3) is 0 Å². The Morgan fingerprint density at radius 2 is 2.14 bits per heavy atom. The summed E-state index contributed by atoms with van der Waals surface area (Å²) < 4.78 is 0.